The summed E-state index contributed by atoms with van der Waals surface area (Å²) in [5.41, 5.74) is 0.438. The average Bonchev–Trinajstić information content (AvgIpc) is 2.58. The smallest absolute Gasteiger partial charge is 0.228 e. The number of carbonyl (C=O) groups excluding carboxylic acids is 2. The lowest BCUT2D eigenvalue weighted by Crippen LogP contribution is -2.49. The predicted octanol–water partition coefficient (Wildman–Crippen LogP) is 2.31. The Morgan fingerprint density at radius 2 is 1.96 bits per heavy atom. The minimum atomic E-state index is -0.514. The zero-order chi connectivity index (χ0) is 16.4. The van der Waals surface area contributed by atoms with Crippen molar-refractivity contribution in [1.29, 1.82) is 0 Å². The third-order valence-electron chi connectivity index (χ3n) is 4.72. The quantitative estimate of drug-likeness (QED) is 0.832. The van der Waals surface area contributed by atoms with Crippen molar-refractivity contribution in [3.05, 3.63) is 35.6 Å². The van der Waals surface area contributed by atoms with Crippen molar-refractivity contribution in [2.45, 2.75) is 18.9 Å². The first-order chi connectivity index (χ1) is 11.1. The van der Waals surface area contributed by atoms with Crippen LogP contribution in [0.25, 0.3) is 0 Å². The summed E-state index contributed by atoms with van der Waals surface area (Å²) in [6.45, 7) is 1.48. The van der Waals surface area contributed by atoms with Gasteiger partial charge in [0, 0.05) is 43.6 Å². The minimum absolute atomic E-state index is 0.0310. The summed E-state index contributed by atoms with van der Waals surface area (Å²) in [5, 5.41) is 0. The fourth-order valence-electron chi connectivity index (χ4n) is 3.46. The lowest BCUT2D eigenvalue weighted by Gasteiger charge is -2.41. The molecule has 2 fully saturated rings. The molecular formula is C17H21FN2O2S. The number of carbonyl (C=O) groups is 2. The maximum atomic E-state index is 14.3. The Balaban J connectivity index is 1.91. The van der Waals surface area contributed by atoms with E-state index in [-0.39, 0.29) is 23.5 Å². The van der Waals surface area contributed by atoms with Gasteiger partial charge >= 0.3 is 0 Å². The molecule has 2 aliphatic heterocycles. The predicted molar refractivity (Wildman–Crippen MR) is 88.5 cm³/mol. The van der Waals surface area contributed by atoms with Crippen LogP contribution in [0.4, 0.5) is 4.39 Å². The third kappa shape index (κ3) is 3.22. The molecule has 23 heavy (non-hydrogen) atoms. The molecule has 2 saturated heterocycles. The first kappa shape index (κ1) is 16.3. The molecule has 124 valence electrons. The Kier molecular flexibility index (Phi) is 4.90. The summed E-state index contributed by atoms with van der Waals surface area (Å²) < 4.78 is 14.3. The van der Waals surface area contributed by atoms with Gasteiger partial charge in [0.25, 0.3) is 0 Å². The van der Waals surface area contributed by atoms with Crippen LogP contribution in [0.3, 0.4) is 0 Å². The van der Waals surface area contributed by atoms with Crippen LogP contribution in [0.15, 0.2) is 24.3 Å². The highest BCUT2D eigenvalue weighted by molar-refractivity contribution is 7.99. The molecule has 0 spiro atoms. The van der Waals surface area contributed by atoms with E-state index < -0.39 is 6.04 Å². The fraction of sp³-hybridized carbons (Fsp3) is 0.529. The van der Waals surface area contributed by atoms with Gasteiger partial charge in [0.15, 0.2) is 0 Å². The molecule has 2 amide bonds. The van der Waals surface area contributed by atoms with E-state index >= 15 is 0 Å². The van der Waals surface area contributed by atoms with Crippen molar-refractivity contribution >= 4 is 23.6 Å². The Hall–Kier alpha value is -1.56. The Labute approximate surface area is 140 Å². The van der Waals surface area contributed by atoms with E-state index in [1.165, 1.54) is 6.07 Å². The monoisotopic (exact) mass is 336 g/mol. The average molecular weight is 336 g/mol. The normalized spacial score (nSPS) is 25.6. The van der Waals surface area contributed by atoms with E-state index in [9.17, 15) is 14.0 Å². The van der Waals surface area contributed by atoms with Crippen LogP contribution in [0, 0.1) is 11.7 Å². The highest BCUT2D eigenvalue weighted by Gasteiger charge is 2.41. The van der Waals surface area contributed by atoms with Gasteiger partial charge in [-0.3, -0.25) is 9.59 Å². The largest absolute Gasteiger partial charge is 0.341 e. The van der Waals surface area contributed by atoms with Crippen LogP contribution in [0.5, 0.6) is 0 Å². The molecule has 0 N–H and O–H groups in total. The van der Waals surface area contributed by atoms with Crippen molar-refractivity contribution in [2.24, 2.45) is 5.92 Å². The van der Waals surface area contributed by atoms with Crippen LogP contribution in [0.2, 0.25) is 0 Å². The molecule has 3 rings (SSSR count). The van der Waals surface area contributed by atoms with Gasteiger partial charge in [0.2, 0.25) is 11.8 Å². The van der Waals surface area contributed by atoms with E-state index in [0.29, 0.717) is 18.4 Å². The molecule has 2 heterocycles. The number of halogens is 1. The van der Waals surface area contributed by atoms with E-state index in [2.05, 4.69) is 0 Å². The number of amides is 2. The number of nitrogens with zero attached hydrogens (tertiary/aromatic N) is 2. The SMILES string of the molecule is CN1C(=O)CCC(C(=O)N2CCSCC2)C1c1ccccc1F. The van der Waals surface area contributed by atoms with Crippen molar-refractivity contribution in [1.82, 2.24) is 9.80 Å². The molecule has 0 aromatic heterocycles. The fourth-order valence-corrected chi connectivity index (χ4v) is 4.36. The number of rotatable bonds is 2. The molecule has 2 aliphatic rings. The van der Waals surface area contributed by atoms with Gasteiger partial charge in [0.05, 0.1) is 12.0 Å². The number of hydrogen-bond acceptors (Lipinski definition) is 3. The second-order valence-electron chi connectivity index (χ2n) is 6.05. The zero-order valence-electron chi connectivity index (χ0n) is 13.2. The molecule has 0 saturated carbocycles. The first-order valence-corrected chi connectivity index (χ1v) is 9.11. The van der Waals surface area contributed by atoms with E-state index in [4.69, 9.17) is 0 Å². The summed E-state index contributed by atoms with van der Waals surface area (Å²) in [7, 11) is 1.67. The van der Waals surface area contributed by atoms with Crippen molar-refractivity contribution < 1.29 is 14.0 Å². The number of thioether (sulfide) groups is 1. The maximum absolute atomic E-state index is 14.3. The number of hydrogen-bond donors (Lipinski definition) is 0. The minimum Gasteiger partial charge on any atom is -0.341 e. The van der Waals surface area contributed by atoms with Crippen molar-refractivity contribution in [2.75, 3.05) is 31.6 Å². The van der Waals surface area contributed by atoms with Gasteiger partial charge in [-0.25, -0.2) is 4.39 Å². The second-order valence-corrected chi connectivity index (χ2v) is 7.28. The van der Waals surface area contributed by atoms with Gasteiger partial charge in [-0.15, -0.1) is 0 Å². The first-order valence-electron chi connectivity index (χ1n) is 7.96. The van der Waals surface area contributed by atoms with Crippen LogP contribution < -0.4 is 0 Å². The molecule has 6 heteroatoms. The molecule has 0 radical (unpaired) electrons. The molecule has 4 nitrogen and oxygen atoms in total. The van der Waals surface area contributed by atoms with Crippen molar-refractivity contribution in [3.63, 3.8) is 0 Å². The maximum Gasteiger partial charge on any atom is 0.228 e. The van der Waals surface area contributed by atoms with Crippen LogP contribution in [0.1, 0.15) is 24.4 Å². The van der Waals surface area contributed by atoms with E-state index in [1.54, 1.807) is 30.1 Å². The van der Waals surface area contributed by atoms with Gasteiger partial charge in [-0.05, 0) is 12.5 Å². The zero-order valence-corrected chi connectivity index (χ0v) is 14.0. The van der Waals surface area contributed by atoms with Gasteiger partial charge in [0.1, 0.15) is 5.82 Å². The van der Waals surface area contributed by atoms with Gasteiger partial charge < -0.3 is 9.80 Å². The molecule has 2 atom stereocenters. The number of piperidine rings is 1. The summed E-state index contributed by atoms with van der Waals surface area (Å²) in [6.07, 6.45) is 0.838. The lowest BCUT2D eigenvalue weighted by molar-refractivity contribution is -0.146. The van der Waals surface area contributed by atoms with Gasteiger partial charge in [-0.1, -0.05) is 18.2 Å². The molecule has 1 aromatic rings. The standard InChI is InChI=1S/C17H21FN2O2S/c1-19-15(21)7-6-13(17(22)20-8-10-23-11-9-20)16(19)12-4-2-3-5-14(12)18/h2-5,13,16H,6-11H2,1H3. The second kappa shape index (κ2) is 6.91. The summed E-state index contributed by atoms with van der Waals surface area (Å²) >= 11 is 1.84. The molecule has 0 bridgehead atoms. The Morgan fingerprint density at radius 1 is 1.26 bits per heavy atom. The van der Waals surface area contributed by atoms with E-state index in [0.717, 1.165) is 24.6 Å². The Bertz CT molecular complexity index is 604. The summed E-state index contributed by atoms with van der Waals surface area (Å²) in [4.78, 5) is 28.5. The highest BCUT2D eigenvalue weighted by atomic mass is 32.2. The Morgan fingerprint density at radius 3 is 2.65 bits per heavy atom. The summed E-state index contributed by atoms with van der Waals surface area (Å²) in [6, 6.07) is 5.94. The van der Waals surface area contributed by atoms with Crippen LogP contribution >= 0.6 is 11.8 Å². The van der Waals surface area contributed by atoms with E-state index in [1.807, 2.05) is 16.7 Å². The molecule has 0 aliphatic carbocycles. The van der Waals surface area contributed by atoms with Gasteiger partial charge in [-0.2, -0.15) is 11.8 Å². The molecular weight excluding hydrogens is 315 g/mol. The highest BCUT2D eigenvalue weighted by Crippen LogP contribution is 2.38. The van der Waals surface area contributed by atoms with Crippen LogP contribution in [-0.4, -0.2) is 53.3 Å². The topological polar surface area (TPSA) is 40.6 Å². The molecule has 1 aromatic carbocycles. The summed E-state index contributed by atoms with van der Waals surface area (Å²) in [5.74, 6) is 1.19. The van der Waals surface area contributed by atoms with Crippen LogP contribution in [-0.2, 0) is 9.59 Å². The number of likely N-dealkylation sites (tertiary alicyclic amines) is 1. The third-order valence-corrected chi connectivity index (χ3v) is 5.67. The van der Waals surface area contributed by atoms with Crippen molar-refractivity contribution in [3.8, 4) is 0 Å². The lowest BCUT2D eigenvalue weighted by atomic mass is 9.83. The molecule has 2 unspecified atom stereocenters. The number of benzene rings is 1.